The minimum absolute atomic E-state index is 0.0305. The molecule has 27 heavy (non-hydrogen) atoms. The molecule has 3 aromatic heterocycles. The number of piperidine rings is 1. The van der Waals surface area contributed by atoms with E-state index in [1.165, 1.54) is 11.2 Å². The number of rotatable bonds is 6. The first-order chi connectivity index (χ1) is 13.3. The molecule has 1 N–H and O–H groups in total. The Morgan fingerprint density at radius 1 is 1.44 bits per heavy atom. The molecule has 142 valence electrons. The molecule has 1 aliphatic rings. The molecular formula is C19H23N5O2S. The standard InChI is InChI=1S/C19H23N5O2S/c1-2-15-16-17(21-12-22-19(16)26-23-15)24-9-3-5-13(11-24)18(25)20-8-7-14-6-4-10-27-14/h4,6,10,12-13H,2-3,5,7-9,11H2,1H3,(H,20,25). The Labute approximate surface area is 161 Å². The minimum atomic E-state index is -0.0305. The molecule has 7 nitrogen and oxygen atoms in total. The van der Waals surface area contributed by atoms with Gasteiger partial charge in [0.25, 0.3) is 5.71 Å². The second kappa shape index (κ2) is 8.04. The molecule has 0 radical (unpaired) electrons. The molecule has 4 heterocycles. The summed E-state index contributed by atoms with van der Waals surface area (Å²) in [5, 5.41) is 10.1. The molecular weight excluding hydrogens is 362 g/mol. The van der Waals surface area contributed by atoms with Gasteiger partial charge in [0.15, 0.2) is 0 Å². The van der Waals surface area contributed by atoms with E-state index in [1.807, 2.05) is 13.0 Å². The molecule has 1 saturated heterocycles. The number of thiophene rings is 1. The molecule has 1 aliphatic heterocycles. The van der Waals surface area contributed by atoms with Gasteiger partial charge in [0.05, 0.1) is 11.6 Å². The number of hydrogen-bond acceptors (Lipinski definition) is 7. The van der Waals surface area contributed by atoms with Crippen LogP contribution in [-0.4, -0.2) is 40.7 Å². The fourth-order valence-corrected chi connectivity index (χ4v) is 4.31. The number of fused-ring (bicyclic) bond motifs is 1. The van der Waals surface area contributed by atoms with Crippen LogP contribution in [0.3, 0.4) is 0 Å². The van der Waals surface area contributed by atoms with Crippen molar-refractivity contribution >= 4 is 34.2 Å². The Balaban J connectivity index is 1.43. The molecule has 1 fully saturated rings. The molecule has 0 bridgehead atoms. The van der Waals surface area contributed by atoms with Crippen molar-refractivity contribution in [1.29, 1.82) is 0 Å². The van der Waals surface area contributed by atoms with Gasteiger partial charge >= 0.3 is 0 Å². The summed E-state index contributed by atoms with van der Waals surface area (Å²) in [6.07, 6.45) is 5.01. The second-order valence-corrected chi connectivity index (χ2v) is 7.80. The van der Waals surface area contributed by atoms with Crippen molar-refractivity contribution in [2.75, 3.05) is 24.5 Å². The quantitative estimate of drug-likeness (QED) is 0.702. The van der Waals surface area contributed by atoms with Crippen LogP contribution in [0.2, 0.25) is 0 Å². The molecule has 8 heteroatoms. The maximum absolute atomic E-state index is 12.6. The number of anilines is 1. The highest BCUT2D eigenvalue weighted by atomic mass is 32.1. The number of nitrogens with zero attached hydrogens (tertiary/aromatic N) is 4. The number of nitrogens with one attached hydrogen (secondary N) is 1. The SMILES string of the molecule is CCc1noc2ncnc(N3CCCC(C(=O)NCCc4cccs4)C3)c12. The molecule has 3 aromatic rings. The lowest BCUT2D eigenvalue weighted by Crippen LogP contribution is -2.43. The summed E-state index contributed by atoms with van der Waals surface area (Å²) in [6, 6.07) is 4.14. The van der Waals surface area contributed by atoms with E-state index in [0.29, 0.717) is 18.8 Å². The van der Waals surface area contributed by atoms with Gasteiger partial charge in [-0.1, -0.05) is 18.1 Å². The predicted molar refractivity (Wildman–Crippen MR) is 105 cm³/mol. The fourth-order valence-electron chi connectivity index (χ4n) is 3.60. The maximum atomic E-state index is 12.6. The lowest BCUT2D eigenvalue weighted by Gasteiger charge is -2.33. The third kappa shape index (κ3) is 3.80. The largest absolute Gasteiger partial charge is 0.355 e. The van der Waals surface area contributed by atoms with E-state index in [4.69, 9.17) is 4.52 Å². The van der Waals surface area contributed by atoms with Gasteiger partial charge in [0.2, 0.25) is 5.91 Å². The Hall–Kier alpha value is -2.48. The third-order valence-corrected chi connectivity index (χ3v) is 5.94. The Morgan fingerprint density at radius 3 is 3.19 bits per heavy atom. The summed E-state index contributed by atoms with van der Waals surface area (Å²) in [4.78, 5) is 24.8. The highest BCUT2D eigenvalue weighted by Gasteiger charge is 2.28. The van der Waals surface area contributed by atoms with Crippen LogP contribution in [0.4, 0.5) is 5.82 Å². The van der Waals surface area contributed by atoms with E-state index in [-0.39, 0.29) is 11.8 Å². The van der Waals surface area contributed by atoms with Crippen molar-refractivity contribution in [3.63, 3.8) is 0 Å². The van der Waals surface area contributed by atoms with E-state index in [9.17, 15) is 4.79 Å². The van der Waals surface area contributed by atoms with Gasteiger partial charge in [-0.05, 0) is 37.1 Å². The van der Waals surface area contributed by atoms with Crippen molar-refractivity contribution in [3.8, 4) is 0 Å². The fraction of sp³-hybridized carbons (Fsp3) is 0.474. The minimum Gasteiger partial charge on any atom is -0.355 e. The number of aryl methyl sites for hydroxylation is 1. The van der Waals surface area contributed by atoms with Gasteiger partial charge < -0.3 is 14.7 Å². The molecule has 0 saturated carbocycles. The molecule has 0 aromatic carbocycles. The topological polar surface area (TPSA) is 84.2 Å². The second-order valence-electron chi connectivity index (χ2n) is 6.77. The first-order valence-electron chi connectivity index (χ1n) is 9.40. The zero-order chi connectivity index (χ0) is 18.6. The van der Waals surface area contributed by atoms with Crippen molar-refractivity contribution in [3.05, 3.63) is 34.4 Å². The summed E-state index contributed by atoms with van der Waals surface area (Å²) < 4.78 is 5.33. The summed E-state index contributed by atoms with van der Waals surface area (Å²) in [5.74, 6) is 0.925. The molecule has 1 amide bonds. The lowest BCUT2D eigenvalue weighted by molar-refractivity contribution is -0.125. The summed E-state index contributed by atoms with van der Waals surface area (Å²) in [6.45, 7) is 4.25. The zero-order valence-electron chi connectivity index (χ0n) is 15.4. The van der Waals surface area contributed by atoms with E-state index >= 15 is 0 Å². The van der Waals surface area contributed by atoms with Gasteiger partial charge in [-0.2, -0.15) is 4.98 Å². The highest BCUT2D eigenvalue weighted by molar-refractivity contribution is 7.09. The van der Waals surface area contributed by atoms with Gasteiger partial charge in [-0.3, -0.25) is 4.79 Å². The maximum Gasteiger partial charge on any atom is 0.263 e. The first kappa shape index (κ1) is 17.9. The van der Waals surface area contributed by atoms with Gasteiger partial charge in [0, 0.05) is 24.5 Å². The van der Waals surface area contributed by atoms with E-state index < -0.39 is 0 Å². The average molecular weight is 385 g/mol. The monoisotopic (exact) mass is 385 g/mol. The van der Waals surface area contributed by atoms with E-state index in [0.717, 1.165) is 49.1 Å². The van der Waals surface area contributed by atoms with Crippen LogP contribution in [0.25, 0.3) is 11.1 Å². The number of amides is 1. The van der Waals surface area contributed by atoms with Crippen LogP contribution >= 0.6 is 11.3 Å². The van der Waals surface area contributed by atoms with Gasteiger partial charge in [-0.15, -0.1) is 11.3 Å². The van der Waals surface area contributed by atoms with Gasteiger partial charge in [0.1, 0.15) is 17.5 Å². The van der Waals surface area contributed by atoms with Crippen LogP contribution in [-0.2, 0) is 17.6 Å². The van der Waals surface area contributed by atoms with Crippen molar-refractivity contribution in [2.24, 2.45) is 5.92 Å². The molecule has 0 aliphatic carbocycles. The van der Waals surface area contributed by atoms with Crippen LogP contribution < -0.4 is 10.2 Å². The summed E-state index contributed by atoms with van der Waals surface area (Å²) in [7, 11) is 0. The van der Waals surface area contributed by atoms with E-state index in [1.54, 1.807) is 11.3 Å². The molecule has 1 unspecified atom stereocenters. The lowest BCUT2D eigenvalue weighted by atomic mass is 9.96. The summed E-state index contributed by atoms with van der Waals surface area (Å²) >= 11 is 1.72. The average Bonchev–Trinajstić information content (AvgIpc) is 3.37. The van der Waals surface area contributed by atoms with Crippen molar-refractivity contribution < 1.29 is 9.32 Å². The normalized spacial score (nSPS) is 17.4. The highest BCUT2D eigenvalue weighted by Crippen LogP contribution is 2.30. The Bertz CT molecular complexity index is 908. The van der Waals surface area contributed by atoms with Crippen molar-refractivity contribution in [1.82, 2.24) is 20.4 Å². The molecule has 1 atom stereocenters. The number of carbonyl (C=O) groups excluding carboxylic acids is 1. The number of aromatic nitrogens is 3. The smallest absolute Gasteiger partial charge is 0.263 e. The van der Waals surface area contributed by atoms with Crippen LogP contribution in [0.5, 0.6) is 0 Å². The van der Waals surface area contributed by atoms with E-state index in [2.05, 4.69) is 36.8 Å². The predicted octanol–water partition coefficient (Wildman–Crippen LogP) is 2.82. The number of carbonyl (C=O) groups is 1. The van der Waals surface area contributed by atoms with Gasteiger partial charge in [-0.25, -0.2) is 4.98 Å². The molecule has 4 rings (SSSR count). The first-order valence-corrected chi connectivity index (χ1v) is 10.3. The van der Waals surface area contributed by atoms with Crippen LogP contribution in [0.1, 0.15) is 30.3 Å². The molecule has 0 spiro atoms. The summed E-state index contributed by atoms with van der Waals surface area (Å²) in [5.41, 5.74) is 1.38. The number of hydrogen-bond donors (Lipinski definition) is 1. The van der Waals surface area contributed by atoms with Crippen molar-refractivity contribution in [2.45, 2.75) is 32.6 Å². The van der Waals surface area contributed by atoms with Crippen LogP contribution in [0, 0.1) is 5.92 Å². The van der Waals surface area contributed by atoms with Crippen LogP contribution in [0.15, 0.2) is 28.4 Å². The third-order valence-electron chi connectivity index (χ3n) is 5.00. The Morgan fingerprint density at radius 2 is 2.37 bits per heavy atom. The zero-order valence-corrected chi connectivity index (χ0v) is 16.2. The Kier molecular flexibility index (Phi) is 5.33.